The van der Waals surface area contributed by atoms with Crippen LogP contribution in [0.1, 0.15) is 0 Å². The minimum Gasteiger partial charge on any atom is -0.507 e. The van der Waals surface area contributed by atoms with Crippen LogP contribution in [0.15, 0.2) is 16.5 Å². The quantitative estimate of drug-likeness (QED) is 0.269. The van der Waals surface area contributed by atoms with Gasteiger partial charge in [-0.15, -0.1) is 0 Å². The Bertz CT molecular complexity index is 832. The molecule has 0 aliphatic heterocycles. The molecule has 98 valence electrons. The average molecular weight is 264 g/mol. The Morgan fingerprint density at radius 2 is 1.26 bits per heavy atom. The lowest BCUT2D eigenvalue weighted by molar-refractivity contribution is 0.367. The summed E-state index contributed by atoms with van der Waals surface area (Å²) >= 11 is 0. The maximum Gasteiger partial charge on any atom is 0.205 e. The second-order valence-electron chi connectivity index (χ2n) is 4.04. The first kappa shape index (κ1) is 11.1. The minimum absolute atomic E-state index is 0.00380. The van der Waals surface area contributed by atoms with Crippen molar-refractivity contribution in [2.75, 3.05) is 0 Å². The van der Waals surface area contributed by atoms with Crippen LogP contribution in [0.4, 0.5) is 0 Å². The largest absolute Gasteiger partial charge is 0.507 e. The highest BCUT2D eigenvalue weighted by atomic mass is 16.4. The van der Waals surface area contributed by atoms with Crippen molar-refractivity contribution in [3.05, 3.63) is 12.1 Å². The van der Waals surface area contributed by atoms with Gasteiger partial charge in [-0.2, -0.15) is 0 Å². The van der Waals surface area contributed by atoms with Crippen LogP contribution in [0, 0.1) is 0 Å². The second-order valence-corrected chi connectivity index (χ2v) is 4.04. The summed E-state index contributed by atoms with van der Waals surface area (Å²) in [5.41, 5.74) is -0.505. The van der Waals surface area contributed by atoms with Crippen molar-refractivity contribution in [2.24, 2.45) is 0 Å². The van der Waals surface area contributed by atoms with Crippen molar-refractivity contribution in [1.82, 2.24) is 0 Å². The molecule has 0 bridgehead atoms. The second kappa shape index (κ2) is 3.29. The summed E-state index contributed by atoms with van der Waals surface area (Å²) in [6.07, 6.45) is 0. The highest BCUT2D eigenvalue weighted by Gasteiger charge is 2.23. The van der Waals surface area contributed by atoms with Crippen LogP contribution < -0.4 is 0 Å². The molecule has 0 saturated carbocycles. The Morgan fingerprint density at radius 1 is 0.632 bits per heavy atom. The zero-order valence-electron chi connectivity index (χ0n) is 9.25. The number of fused-ring (bicyclic) bond motifs is 3. The van der Waals surface area contributed by atoms with Gasteiger partial charge in [-0.3, -0.25) is 0 Å². The van der Waals surface area contributed by atoms with Gasteiger partial charge in [0.15, 0.2) is 22.7 Å². The van der Waals surface area contributed by atoms with E-state index in [-0.39, 0.29) is 21.9 Å². The fourth-order valence-corrected chi connectivity index (χ4v) is 2.00. The molecule has 1 heterocycles. The lowest BCUT2D eigenvalue weighted by atomic mass is 10.1. The molecule has 0 aliphatic carbocycles. The number of phenolic OH excluding ortho intramolecular Hbond substituents is 6. The Morgan fingerprint density at radius 3 is 1.95 bits per heavy atom. The Balaban J connectivity index is 2.64. The van der Waals surface area contributed by atoms with Gasteiger partial charge in [-0.05, 0) is 6.07 Å². The molecule has 0 saturated heterocycles. The number of furan rings is 1. The number of benzene rings is 2. The molecule has 7 nitrogen and oxygen atoms in total. The third-order valence-electron chi connectivity index (χ3n) is 2.90. The first-order valence-electron chi connectivity index (χ1n) is 5.15. The van der Waals surface area contributed by atoms with Gasteiger partial charge >= 0.3 is 0 Å². The van der Waals surface area contributed by atoms with Crippen molar-refractivity contribution in [1.29, 1.82) is 0 Å². The van der Waals surface area contributed by atoms with Crippen molar-refractivity contribution < 1.29 is 35.1 Å². The van der Waals surface area contributed by atoms with Crippen molar-refractivity contribution in [3.8, 4) is 34.5 Å². The summed E-state index contributed by atoms with van der Waals surface area (Å²) in [6.45, 7) is 0. The summed E-state index contributed by atoms with van der Waals surface area (Å²) in [7, 11) is 0. The van der Waals surface area contributed by atoms with Crippen molar-refractivity contribution in [2.45, 2.75) is 0 Å². The maximum atomic E-state index is 9.76. The van der Waals surface area contributed by atoms with Crippen LogP contribution in [-0.2, 0) is 0 Å². The first-order valence-corrected chi connectivity index (χ1v) is 5.15. The SMILES string of the molecule is Oc1cc2c(oc3c(O)c(O)cc(O)c32)c(O)c1O. The highest BCUT2D eigenvalue weighted by molar-refractivity contribution is 6.13. The lowest BCUT2D eigenvalue weighted by Crippen LogP contribution is -1.74. The van der Waals surface area contributed by atoms with Gasteiger partial charge in [0.2, 0.25) is 17.2 Å². The van der Waals surface area contributed by atoms with Gasteiger partial charge in [0.1, 0.15) is 5.75 Å². The van der Waals surface area contributed by atoms with Crippen molar-refractivity contribution >= 4 is 21.9 Å². The van der Waals surface area contributed by atoms with E-state index in [4.69, 9.17) is 4.42 Å². The minimum atomic E-state index is -0.783. The smallest absolute Gasteiger partial charge is 0.205 e. The molecule has 0 spiro atoms. The fourth-order valence-electron chi connectivity index (χ4n) is 2.00. The van der Waals surface area contributed by atoms with Crippen LogP contribution in [0.2, 0.25) is 0 Å². The number of phenols is 6. The molecule has 0 unspecified atom stereocenters. The Hall–Kier alpha value is -2.96. The summed E-state index contributed by atoms with van der Waals surface area (Å²) in [5, 5.41) is 57.4. The topological polar surface area (TPSA) is 135 Å². The normalized spacial score (nSPS) is 11.4. The standard InChI is InChI=1S/C12H8O7/c13-4-2-6(15)9(17)12-7(4)3-1-5(14)8(16)10(18)11(3)19-12/h1-2,13-18H. The summed E-state index contributed by atoms with van der Waals surface area (Å²) in [4.78, 5) is 0. The monoisotopic (exact) mass is 264 g/mol. The molecule has 3 aromatic rings. The van der Waals surface area contributed by atoms with E-state index < -0.39 is 34.5 Å². The number of rotatable bonds is 0. The molecule has 7 heteroatoms. The number of aromatic hydroxyl groups is 6. The average Bonchev–Trinajstić information content (AvgIpc) is 2.73. The van der Waals surface area contributed by atoms with Gasteiger partial charge in [0, 0.05) is 11.5 Å². The molecule has 1 aromatic heterocycles. The van der Waals surface area contributed by atoms with Gasteiger partial charge in [-0.25, -0.2) is 0 Å². The molecular formula is C12H8O7. The molecule has 3 rings (SSSR count). The van der Waals surface area contributed by atoms with Gasteiger partial charge < -0.3 is 35.1 Å². The van der Waals surface area contributed by atoms with Crippen molar-refractivity contribution in [3.63, 3.8) is 0 Å². The maximum absolute atomic E-state index is 9.76. The van der Waals surface area contributed by atoms with Gasteiger partial charge in [-0.1, -0.05) is 0 Å². The highest BCUT2D eigenvalue weighted by Crippen LogP contribution is 2.50. The zero-order chi connectivity index (χ0) is 13.9. The van der Waals surface area contributed by atoms with E-state index in [0.29, 0.717) is 0 Å². The van der Waals surface area contributed by atoms with E-state index in [1.165, 1.54) is 0 Å². The Kier molecular flexibility index (Phi) is 1.93. The summed E-state index contributed by atoms with van der Waals surface area (Å²) < 4.78 is 5.12. The molecule has 0 radical (unpaired) electrons. The predicted molar refractivity (Wildman–Crippen MR) is 63.7 cm³/mol. The molecular weight excluding hydrogens is 256 g/mol. The van der Waals surface area contributed by atoms with E-state index >= 15 is 0 Å². The van der Waals surface area contributed by atoms with E-state index in [9.17, 15) is 30.6 Å². The predicted octanol–water partition coefficient (Wildman–Crippen LogP) is 1.82. The molecule has 0 amide bonds. The lowest BCUT2D eigenvalue weighted by Gasteiger charge is -2.01. The molecule has 6 N–H and O–H groups in total. The zero-order valence-corrected chi connectivity index (χ0v) is 9.25. The third kappa shape index (κ3) is 1.26. The van der Waals surface area contributed by atoms with Crippen LogP contribution in [-0.4, -0.2) is 30.6 Å². The van der Waals surface area contributed by atoms with Gasteiger partial charge in [0.25, 0.3) is 0 Å². The molecule has 2 aromatic carbocycles. The number of hydrogen-bond donors (Lipinski definition) is 6. The van der Waals surface area contributed by atoms with E-state index in [1.807, 2.05) is 0 Å². The summed E-state index contributed by atoms with van der Waals surface area (Å²) in [6, 6.07) is 1.96. The molecule has 0 fully saturated rings. The fraction of sp³-hybridized carbons (Fsp3) is 0. The Labute approximate surface area is 104 Å². The van der Waals surface area contributed by atoms with E-state index in [0.717, 1.165) is 12.1 Å². The number of hydrogen-bond acceptors (Lipinski definition) is 7. The molecule has 0 aliphatic rings. The van der Waals surface area contributed by atoms with Crippen LogP contribution in [0.5, 0.6) is 34.5 Å². The first-order chi connectivity index (χ1) is 8.91. The molecule has 19 heavy (non-hydrogen) atoms. The van der Waals surface area contributed by atoms with Crippen LogP contribution in [0.25, 0.3) is 21.9 Å². The molecule has 0 atom stereocenters. The van der Waals surface area contributed by atoms with E-state index in [2.05, 4.69) is 0 Å². The van der Waals surface area contributed by atoms with E-state index in [1.54, 1.807) is 0 Å². The van der Waals surface area contributed by atoms with Gasteiger partial charge in [0.05, 0.1) is 5.39 Å². The summed E-state index contributed by atoms with van der Waals surface area (Å²) in [5.74, 6) is -3.76. The van der Waals surface area contributed by atoms with Crippen LogP contribution in [0.3, 0.4) is 0 Å². The third-order valence-corrected chi connectivity index (χ3v) is 2.90. The van der Waals surface area contributed by atoms with Crippen LogP contribution >= 0.6 is 0 Å².